The predicted octanol–water partition coefficient (Wildman–Crippen LogP) is 2.32. The van der Waals surface area contributed by atoms with Gasteiger partial charge in [-0.2, -0.15) is 0 Å². The smallest absolute Gasteiger partial charge is 0.339 e. The summed E-state index contributed by atoms with van der Waals surface area (Å²) in [6.45, 7) is 0.641. The van der Waals surface area contributed by atoms with E-state index in [0.29, 0.717) is 17.8 Å². The second-order valence-electron chi connectivity index (χ2n) is 4.96. The van der Waals surface area contributed by atoms with Crippen molar-refractivity contribution in [3.05, 3.63) is 58.0 Å². The molecule has 1 aromatic heterocycles. The molecule has 21 heavy (non-hydrogen) atoms. The summed E-state index contributed by atoms with van der Waals surface area (Å²) in [5.74, 6) is -0.406. The number of ether oxygens (including phenoxy) is 1. The molecule has 0 radical (unpaired) electrons. The van der Waals surface area contributed by atoms with Gasteiger partial charge in [0.25, 0.3) is 5.56 Å². The van der Waals surface area contributed by atoms with E-state index in [0.717, 1.165) is 24.2 Å². The second kappa shape index (κ2) is 5.44. The molecule has 108 valence electrons. The number of rotatable bonds is 3. The lowest BCUT2D eigenvalue weighted by atomic mass is 10.1. The second-order valence-corrected chi connectivity index (χ2v) is 4.96. The normalized spacial score (nSPS) is 12.8. The summed E-state index contributed by atoms with van der Waals surface area (Å²) in [5, 5.41) is 3.08. The summed E-state index contributed by atoms with van der Waals surface area (Å²) in [6.07, 6.45) is 1.60. The van der Waals surface area contributed by atoms with Gasteiger partial charge >= 0.3 is 5.97 Å². The lowest BCUT2D eigenvalue weighted by molar-refractivity contribution is 0.0598. The molecule has 0 amide bonds. The van der Waals surface area contributed by atoms with Crippen LogP contribution in [0.5, 0.6) is 0 Å². The summed E-state index contributed by atoms with van der Waals surface area (Å²) in [5.41, 5.74) is 2.34. The number of carbonyl (C=O) groups excluding carboxylic acids is 1. The number of nitrogens with zero attached hydrogens (tertiary/aromatic N) is 1. The van der Waals surface area contributed by atoms with Gasteiger partial charge < -0.3 is 14.6 Å². The molecule has 0 unspecified atom stereocenters. The standard InChI is InChI=1S/C16H16N2O3/c1-21-16(20)12-10-13(17-11-6-3-2-4-7-11)15(19)18-9-5-8-14(12)18/h2-4,6-7,10,17H,5,8-9H2,1H3. The molecule has 1 aromatic carbocycles. The molecule has 5 nitrogen and oxygen atoms in total. The maximum atomic E-state index is 12.5. The molecule has 1 aliphatic rings. The lowest BCUT2D eigenvalue weighted by Gasteiger charge is -2.13. The van der Waals surface area contributed by atoms with Gasteiger partial charge in [-0.1, -0.05) is 18.2 Å². The number of hydrogen-bond donors (Lipinski definition) is 1. The average Bonchev–Trinajstić information content (AvgIpc) is 3.00. The molecule has 0 atom stereocenters. The highest BCUT2D eigenvalue weighted by Gasteiger charge is 2.23. The number of nitrogens with one attached hydrogen (secondary N) is 1. The molecule has 1 N–H and O–H groups in total. The van der Waals surface area contributed by atoms with E-state index in [1.165, 1.54) is 7.11 Å². The molecule has 2 aromatic rings. The van der Waals surface area contributed by atoms with E-state index in [2.05, 4.69) is 5.32 Å². The van der Waals surface area contributed by atoms with Gasteiger partial charge in [-0.05, 0) is 31.0 Å². The Morgan fingerprint density at radius 1 is 1.29 bits per heavy atom. The molecule has 0 bridgehead atoms. The molecule has 0 spiro atoms. The first kappa shape index (κ1) is 13.4. The van der Waals surface area contributed by atoms with Crippen molar-refractivity contribution in [2.75, 3.05) is 12.4 Å². The van der Waals surface area contributed by atoms with Crippen LogP contribution >= 0.6 is 0 Å². The van der Waals surface area contributed by atoms with Crippen molar-refractivity contribution in [1.82, 2.24) is 4.57 Å². The molecule has 0 aliphatic carbocycles. The first-order chi connectivity index (χ1) is 10.2. The molecule has 0 saturated carbocycles. The highest BCUT2D eigenvalue weighted by Crippen LogP contribution is 2.22. The summed E-state index contributed by atoms with van der Waals surface area (Å²) in [7, 11) is 1.35. The lowest BCUT2D eigenvalue weighted by Crippen LogP contribution is -2.25. The van der Waals surface area contributed by atoms with Crippen LogP contribution in [0, 0.1) is 0 Å². The van der Waals surface area contributed by atoms with Gasteiger partial charge in [-0.25, -0.2) is 4.79 Å². The largest absolute Gasteiger partial charge is 0.465 e. The Balaban J connectivity index is 2.09. The van der Waals surface area contributed by atoms with Gasteiger partial charge in [0.15, 0.2) is 0 Å². The third kappa shape index (κ3) is 2.42. The van der Waals surface area contributed by atoms with Crippen LogP contribution in [-0.2, 0) is 17.7 Å². The zero-order valence-corrected chi connectivity index (χ0v) is 11.8. The monoisotopic (exact) mass is 284 g/mol. The van der Waals surface area contributed by atoms with Gasteiger partial charge in [-0.3, -0.25) is 4.79 Å². The van der Waals surface area contributed by atoms with Gasteiger partial charge in [0.1, 0.15) is 5.69 Å². The predicted molar refractivity (Wildman–Crippen MR) is 80.1 cm³/mol. The van der Waals surface area contributed by atoms with Crippen molar-refractivity contribution < 1.29 is 9.53 Å². The topological polar surface area (TPSA) is 60.3 Å². The van der Waals surface area contributed by atoms with Gasteiger partial charge in [0, 0.05) is 17.9 Å². The van der Waals surface area contributed by atoms with Crippen LogP contribution in [0.25, 0.3) is 0 Å². The molecular formula is C16H16N2O3. The van der Waals surface area contributed by atoms with Crippen LogP contribution in [0.2, 0.25) is 0 Å². The first-order valence-electron chi connectivity index (χ1n) is 6.88. The van der Waals surface area contributed by atoms with Crippen molar-refractivity contribution in [3.63, 3.8) is 0 Å². The van der Waals surface area contributed by atoms with E-state index in [-0.39, 0.29) is 5.56 Å². The Kier molecular flexibility index (Phi) is 3.48. The average molecular weight is 284 g/mol. The first-order valence-corrected chi connectivity index (χ1v) is 6.88. The molecule has 5 heteroatoms. The third-order valence-electron chi connectivity index (χ3n) is 3.65. The van der Waals surface area contributed by atoms with Crippen molar-refractivity contribution in [2.45, 2.75) is 19.4 Å². The molecule has 2 heterocycles. The number of pyridine rings is 1. The van der Waals surface area contributed by atoms with Crippen LogP contribution in [0.1, 0.15) is 22.5 Å². The number of carbonyl (C=O) groups is 1. The number of fused-ring (bicyclic) bond motifs is 1. The highest BCUT2D eigenvalue weighted by atomic mass is 16.5. The number of esters is 1. The Hall–Kier alpha value is -2.56. The Labute approximate surface area is 122 Å². The molecule has 1 aliphatic heterocycles. The molecule has 3 rings (SSSR count). The fourth-order valence-corrected chi connectivity index (χ4v) is 2.67. The fraction of sp³-hybridized carbons (Fsp3) is 0.250. The van der Waals surface area contributed by atoms with E-state index in [4.69, 9.17) is 4.74 Å². The highest BCUT2D eigenvalue weighted by molar-refractivity contribution is 5.92. The summed E-state index contributed by atoms with van der Waals surface area (Å²) in [6, 6.07) is 11.0. The maximum Gasteiger partial charge on any atom is 0.339 e. The quantitative estimate of drug-likeness (QED) is 0.879. The minimum Gasteiger partial charge on any atom is -0.465 e. The molecule has 0 fully saturated rings. The van der Waals surface area contributed by atoms with Crippen molar-refractivity contribution in [2.24, 2.45) is 0 Å². The summed E-state index contributed by atoms with van der Waals surface area (Å²) >= 11 is 0. The fourth-order valence-electron chi connectivity index (χ4n) is 2.67. The summed E-state index contributed by atoms with van der Waals surface area (Å²) < 4.78 is 6.49. The summed E-state index contributed by atoms with van der Waals surface area (Å²) in [4.78, 5) is 24.4. The zero-order valence-electron chi connectivity index (χ0n) is 11.8. The number of anilines is 2. The minimum absolute atomic E-state index is 0.0981. The number of methoxy groups -OCH3 is 1. The van der Waals surface area contributed by atoms with Gasteiger partial charge in [0.2, 0.25) is 0 Å². The van der Waals surface area contributed by atoms with E-state index in [1.807, 2.05) is 30.3 Å². The number of aromatic nitrogens is 1. The van der Waals surface area contributed by atoms with Crippen LogP contribution in [0.15, 0.2) is 41.2 Å². The van der Waals surface area contributed by atoms with Gasteiger partial charge in [-0.15, -0.1) is 0 Å². The van der Waals surface area contributed by atoms with E-state index < -0.39 is 5.97 Å². The van der Waals surface area contributed by atoms with E-state index in [1.54, 1.807) is 10.6 Å². The SMILES string of the molecule is COC(=O)c1cc(Nc2ccccc2)c(=O)n2c1CCC2. The Bertz CT molecular complexity index is 735. The van der Waals surface area contributed by atoms with Crippen molar-refractivity contribution in [1.29, 1.82) is 0 Å². The molecular weight excluding hydrogens is 268 g/mol. The van der Waals surface area contributed by atoms with Crippen LogP contribution in [0.3, 0.4) is 0 Å². The van der Waals surface area contributed by atoms with E-state index in [9.17, 15) is 9.59 Å². The Morgan fingerprint density at radius 3 is 2.76 bits per heavy atom. The van der Waals surface area contributed by atoms with Crippen molar-refractivity contribution in [3.8, 4) is 0 Å². The number of hydrogen-bond acceptors (Lipinski definition) is 4. The van der Waals surface area contributed by atoms with Crippen LogP contribution in [-0.4, -0.2) is 17.6 Å². The number of benzene rings is 1. The third-order valence-corrected chi connectivity index (χ3v) is 3.65. The van der Waals surface area contributed by atoms with Crippen LogP contribution < -0.4 is 10.9 Å². The van der Waals surface area contributed by atoms with Crippen LogP contribution in [0.4, 0.5) is 11.4 Å². The minimum atomic E-state index is -0.406. The zero-order chi connectivity index (χ0) is 14.8. The molecule has 0 saturated heterocycles. The van der Waals surface area contributed by atoms with E-state index >= 15 is 0 Å². The van der Waals surface area contributed by atoms with Crippen molar-refractivity contribution >= 4 is 17.3 Å². The van der Waals surface area contributed by atoms with Gasteiger partial charge in [0.05, 0.1) is 12.7 Å². The maximum absolute atomic E-state index is 12.5. The number of para-hydroxylation sites is 1. The Morgan fingerprint density at radius 2 is 2.05 bits per heavy atom.